The lowest BCUT2D eigenvalue weighted by Crippen LogP contribution is -2.13. The zero-order valence-corrected chi connectivity index (χ0v) is 9.77. The van der Waals surface area contributed by atoms with Crippen molar-refractivity contribution >= 4 is 11.5 Å². The molecule has 1 aromatic heterocycles. The van der Waals surface area contributed by atoms with Crippen molar-refractivity contribution in [1.82, 2.24) is 4.98 Å². The van der Waals surface area contributed by atoms with Crippen LogP contribution in [0.4, 0.5) is 11.5 Å². The van der Waals surface area contributed by atoms with Crippen LogP contribution in [0.15, 0.2) is 12.3 Å². The minimum absolute atomic E-state index is 0.449. The molecule has 0 aliphatic carbocycles. The summed E-state index contributed by atoms with van der Waals surface area (Å²) >= 11 is 0. The molecule has 6 nitrogen and oxygen atoms in total. The lowest BCUT2D eigenvalue weighted by Gasteiger charge is -2.08. The van der Waals surface area contributed by atoms with E-state index in [0.29, 0.717) is 43.4 Å². The smallest absolute Gasteiger partial charge is 0.149 e. The van der Waals surface area contributed by atoms with Crippen LogP contribution in [0, 0.1) is 11.3 Å². The highest BCUT2D eigenvalue weighted by atomic mass is 16.5. The molecule has 0 aliphatic rings. The Balaban J connectivity index is 2.30. The summed E-state index contributed by atoms with van der Waals surface area (Å²) in [7, 11) is 1.63. The number of aromatic nitrogens is 1. The third kappa shape index (κ3) is 4.68. The minimum Gasteiger partial charge on any atom is -0.396 e. The summed E-state index contributed by atoms with van der Waals surface area (Å²) in [6.07, 6.45) is 1.48. The Morgan fingerprint density at radius 3 is 2.94 bits per heavy atom. The van der Waals surface area contributed by atoms with Gasteiger partial charge in [-0.05, 0) is 6.07 Å². The number of ether oxygens (including phenoxy) is 2. The molecule has 0 saturated heterocycles. The Labute approximate surface area is 100 Å². The molecule has 1 heterocycles. The van der Waals surface area contributed by atoms with Gasteiger partial charge in [-0.1, -0.05) is 0 Å². The molecule has 1 aromatic rings. The first-order valence-electron chi connectivity index (χ1n) is 5.24. The highest BCUT2D eigenvalue weighted by Gasteiger charge is 2.01. The molecule has 6 heteroatoms. The van der Waals surface area contributed by atoms with Crippen LogP contribution in [0.25, 0.3) is 0 Å². The Morgan fingerprint density at radius 2 is 2.29 bits per heavy atom. The van der Waals surface area contributed by atoms with Gasteiger partial charge in [-0.2, -0.15) is 5.26 Å². The van der Waals surface area contributed by atoms with Gasteiger partial charge in [0.25, 0.3) is 0 Å². The van der Waals surface area contributed by atoms with E-state index in [1.54, 1.807) is 13.2 Å². The highest BCUT2D eigenvalue weighted by Crippen LogP contribution is 2.15. The van der Waals surface area contributed by atoms with Crippen LogP contribution in [0.1, 0.15) is 5.56 Å². The maximum Gasteiger partial charge on any atom is 0.149 e. The average molecular weight is 236 g/mol. The van der Waals surface area contributed by atoms with Crippen LogP contribution < -0.4 is 11.1 Å². The fourth-order valence-electron chi connectivity index (χ4n) is 1.18. The van der Waals surface area contributed by atoms with Gasteiger partial charge in [0.2, 0.25) is 0 Å². The SMILES string of the molecule is COCCOCCNc1ncc(C#N)cc1N. The van der Waals surface area contributed by atoms with E-state index in [4.69, 9.17) is 20.5 Å². The molecule has 0 spiro atoms. The average Bonchev–Trinajstić information content (AvgIpc) is 2.35. The Bertz CT molecular complexity index is 390. The lowest BCUT2D eigenvalue weighted by atomic mass is 10.3. The van der Waals surface area contributed by atoms with Crippen molar-refractivity contribution in [3.63, 3.8) is 0 Å². The van der Waals surface area contributed by atoms with Crippen molar-refractivity contribution in [3.05, 3.63) is 17.8 Å². The van der Waals surface area contributed by atoms with E-state index in [1.807, 2.05) is 6.07 Å². The van der Waals surface area contributed by atoms with Gasteiger partial charge in [0.05, 0.1) is 31.1 Å². The van der Waals surface area contributed by atoms with Gasteiger partial charge in [-0.15, -0.1) is 0 Å². The van der Waals surface area contributed by atoms with Crippen LogP contribution in [-0.4, -0.2) is 38.5 Å². The Hall–Kier alpha value is -1.84. The molecule has 0 amide bonds. The number of anilines is 2. The number of methoxy groups -OCH3 is 1. The Morgan fingerprint density at radius 1 is 1.47 bits per heavy atom. The predicted molar refractivity (Wildman–Crippen MR) is 64.5 cm³/mol. The van der Waals surface area contributed by atoms with E-state index in [9.17, 15) is 0 Å². The molecular weight excluding hydrogens is 220 g/mol. The number of nitriles is 1. The molecule has 0 bridgehead atoms. The van der Waals surface area contributed by atoms with E-state index in [-0.39, 0.29) is 0 Å². The molecule has 1 rings (SSSR count). The molecule has 0 radical (unpaired) electrons. The van der Waals surface area contributed by atoms with Crippen LogP contribution in [0.3, 0.4) is 0 Å². The molecule has 92 valence electrons. The normalized spacial score (nSPS) is 9.88. The van der Waals surface area contributed by atoms with Crippen molar-refractivity contribution in [2.45, 2.75) is 0 Å². The molecular formula is C11H16N4O2. The van der Waals surface area contributed by atoms with Gasteiger partial charge < -0.3 is 20.5 Å². The fraction of sp³-hybridized carbons (Fsp3) is 0.455. The van der Waals surface area contributed by atoms with Crippen molar-refractivity contribution in [3.8, 4) is 6.07 Å². The second-order valence-electron chi connectivity index (χ2n) is 3.31. The first-order chi connectivity index (χ1) is 8.27. The number of pyridine rings is 1. The molecule has 17 heavy (non-hydrogen) atoms. The van der Waals surface area contributed by atoms with Crippen LogP contribution in [0.5, 0.6) is 0 Å². The summed E-state index contributed by atoms with van der Waals surface area (Å²) in [6.45, 7) is 2.29. The molecule has 0 aromatic carbocycles. The monoisotopic (exact) mass is 236 g/mol. The Kier molecular flexibility index (Phi) is 5.79. The fourth-order valence-corrected chi connectivity index (χ4v) is 1.18. The van der Waals surface area contributed by atoms with E-state index in [1.165, 1.54) is 6.20 Å². The van der Waals surface area contributed by atoms with Gasteiger partial charge in [0.1, 0.15) is 11.9 Å². The third-order valence-corrected chi connectivity index (χ3v) is 2.02. The van der Waals surface area contributed by atoms with Gasteiger partial charge in [-0.25, -0.2) is 4.98 Å². The summed E-state index contributed by atoms with van der Waals surface area (Å²) < 4.78 is 10.1. The van der Waals surface area contributed by atoms with Gasteiger partial charge in [0.15, 0.2) is 0 Å². The lowest BCUT2D eigenvalue weighted by molar-refractivity contribution is 0.0759. The van der Waals surface area contributed by atoms with E-state index in [2.05, 4.69) is 10.3 Å². The van der Waals surface area contributed by atoms with Crippen molar-refractivity contribution < 1.29 is 9.47 Å². The molecule has 0 unspecified atom stereocenters. The quantitative estimate of drug-likeness (QED) is 0.674. The first-order valence-corrected chi connectivity index (χ1v) is 5.24. The van der Waals surface area contributed by atoms with Crippen molar-refractivity contribution in [1.29, 1.82) is 5.26 Å². The number of rotatable bonds is 7. The number of nitrogens with zero attached hydrogens (tertiary/aromatic N) is 2. The summed E-state index contributed by atoms with van der Waals surface area (Å²) in [5, 5.41) is 11.7. The summed E-state index contributed by atoms with van der Waals surface area (Å²) in [6, 6.07) is 3.56. The molecule has 0 atom stereocenters. The standard InChI is InChI=1S/C11H16N4O2/c1-16-4-5-17-3-2-14-11-10(13)6-9(7-12)8-15-11/h6,8H,2-5,13H2,1H3,(H,14,15). The zero-order chi connectivity index (χ0) is 12.5. The van der Waals surface area contributed by atoms with E-state index >= 15 is 0 Å². The summed E-state index contributed by atoms with van der Waals surface area (Å²) in [5.74, 6) is 0.569. The number of nitrogen functional groups attached to an aromatic ring is 1. The minimum atomic E-state index is 0.449. The second-order valence-corrected chi connectivity index (χ2v) is 3.31. The molecule has 3 N–H and O–H groups in total. The number of nitrogens with one attached hydrogen (secondary N) is 1. The number of hydrogen-bond acceptors (Lipinski definition) is 6. The van der Waals surface area contributed by atoms with Gasteiger partial charge in [0, 0.05) is 19.9 Å². The molecule has 0 aliphatic heterocycles. The first kappa shape index (κ1) is 13.2. The van der Waals surface area contributed by atoms with Gasteiger partial charge >= 0.3 is 0 Å². The largest absolute Gasteiger partial charge is 0.396 e. The summed E-state index contributed by atoms with van der Waals surface area (Å²) in [4.78, 5) is 4.04. The molecule has 0 fully saturated rings. The topological polar surface area (TPSA) is 93.2 Å². The van der Waals surface area contributed by atoms with Crippen molar-refractivity contribution in [2.24, 2.45) is 0 Å². The number of hydrogen-bond donors (Lipinski definition) is 2. The van der Waals surface area contributed by atoms with Gasteiger partial charge in [-0.3, -0.25) is 0 Å². The maximum absolute atomic E-state index is 8.65. The van der Waals surface area contributed by atoms with Crippen molar-refractivity contribution in [2.75, 3.05) is 44.5 Å². The third-order valence-electron chi connectivity index (χ3n) is 2.02. The van der Waals surface area contributed by atoms with Crippen LogP contribution >= 0.6 is 0 Å². The zero-order valence-electron chi connectivity index (χ0n) is 9.77. The van der Waals surface area contributed by atoms with E-state index in [0.717, 1.165) is 0 Å². The molecule has 0 saturated carbocycles. The van der Waals surface area contributed by atoms with E-state index < -0.39 is 0 Å². The maximum atomic E-state index is 8.65. The predicted octanol–water partition coefficient (Wildman–Crippen LogP) is 0.610. The highest BCUT2D eigenvalue weighted by molar-refractivity contribution is 5.62. The van der Waals surface area contributed by atoms with Crippen LogP contribution in [0.2, 0.25) is 0 Å². The summed E-state index contributed by atoms with van der Waals surface area (Å²) in [5.41, 5.74) is 6.63. The number of nitrogens with two attached hydrogens (primary N) is 1. The second kappa shape index (κ2) is 7.44. The van der Waals surface area contributed by atoms with Crippen LogP contribution in [-0.2, 0) is 9.47 Å².